The van der Waals surface area contributed by atoms with Crippen molar-refractivity contribution < 1.29 is 0 Å². The molecule has 2 aromatic rings. The van der Waals surface area contributed by atoms with Crippen LogP contribution in [0.2, 0.25) is 0 Å². The van der Waals surface area contributed by atoms with E-state index < -0.39 is 0 Å². The molecule has 0 aromatic carbocycles. The number of fused-ring (bicyclic) bond motifs is 1. The van der Waals surface area contributed by atoms with Crippen LogP contribution in [-0.2, 0) is 26.6 Å². The normalized spacial score (nSPS) is 17.5. The minimum absolute atomic E-state index is 0.300. The Hall–Kier alpha value is -2.58. The van der Waals surface area contributed by atoms with E-state index in [-0.39, 0.29) is 0 Å². The van der Waals surface area contributed by atoms with Gasteiger partial charge in [0.1, 0.15) is 12.2 Å². The molecule has 0 saturated carbocycles. The summed E-state index contributed by atoms with van der Waals surface area (Å²) >= 11 is 0. The maximum absolute atomic E-state index is 4.42. The zero-order valence-electron chi connectivity index (χ0n) is 14.7. The molecule has 0 saturated heterocycles. The molecule has 3 heterocycles. The first-order valence-electron chi connectivity index (χ1n) is 8.10. The number of anilines is 1. The van der Waals surface area contributed by atoms with E-state index in [1.165, 1.54) is 0 Å². The Balaban J connectivity index is 1.56. The quantitative estimate of drug-likeness (QED) is 0.594. The van der Waals surface area contributed by atoms with Crippen molar-refractivity contribution in [2.75, 3.05) is 26.0 Å². The van der Waals surface area contributed by atoms with Crippen LogP contribution in [-0.4, -0.2) is 57.5 Å². The standard InChI is InChI=1S/C15H25N9/c1-16-14(17-7-12-8-18-15(22(2)3)23(12)4)21-11-5-6-13-19-10-20-24(13)9-11/h8,10-11H,5-7,9H2,1-4H3,(H2,16,17,21). The second-order valence-electron chi connectivity index (χ2n) is 6.17. The third-order valence-corrected chi connectivity index (χ3v) is 4.27. The summed E-state index contributed by atoms with van der Waals surface area (Å²) in [6.07, 6.45) is 5.46. The van der Waals surface area contributed by atoms with Gasteiger partial charge in [-0.3, -0.25) is 4.99 Å². The molecular formula is C15H25N9. The van der Waals surface area contributed by atoms with Crippen LogP contribution in [0.3, 0.4) is 0 Å². The molecule has 1 aliphatic rings. The molecule has 0 radical (unpaired) electrons. The Morgan fingerprint density at radius 3 is 2.96 bits per heavy atom. The highest BCUT2D eigenvalue weighted by molar-refractivity contribution is 5.79. The molecule has 0 amide bonds. The molecule has 2 aromatic heterocycles. The molecule has 9 heteroatoms. The minimum Gasteiger partial charge on any atom is -0.352 e. The van der Waals surface area contributed by atoms with Crippen LogP contribution >= 0.6 is 0 Å². The number of imidazole rings is 1. The number of nitrogens with one attached hydrogen (secondary N) is 2. The van der Waals surface area contributed by atoms with Crippen LogP contribution < -0.4 is 15.5 Å². The van der Waals surface area contributed by atoms with Crippen molar-refractivity contribution in [3.8, 4) is 0 Å². The van der Waals surface area contributed by atoms with Gasteiger partial charge in [-0.25, -0.2) is 14.6 Å². The van der Waals surface area contributed by atoms with Gasteiger partial charge in [-0.2, -0.15) is 5.10 Å². The highest BCUT2D eigenvalue weighted by Crippen LogP contribution is 2.12. The van der Waals surface area contributed by atoms with Gasteiger partial charge in [0.15, 0.2) is 5.96 Å². The Labute approximate surface area is 141 Å². The summed E-state index contributed by atoms with van der Waals surface area (Å²) in [4.78, 5) is 15.0. The second kappa shape index (κ2) is 6.90. The molecule has 0 fully saturated rings. The van der Waals surface area contributed by atoms with Crippen molar-refractivity contribution >= 4 is 11.9 Å². The molecule has 0 aliphatic carbocycles. The molecule has 0 spiro atoms. The van der Waals surface area contributed by atoms with Gasteiger partial charge in [0.2, 0.25) is 5.95 Å². The Bertz CT molecular complexity index is 712. The zero-order chi connectivity index (χ0) is 17.1. The first kappa shape index (κ1) is 16.3. The van der Waals surface area contributed by atoms with E-state index >= 15 is 0 Å². The minimum atomic E-state index is 0.300. The molecule has 24 heavy (non-hydrogen) atoms. The number of aryl methyl sites for hydroxylation is 1. The van der Waals surface area contributed by atoms with Crippen LogP contribution in [0.5, 0.6) is 0 Å². The van der Waals surface area contributed by atoms with Crippen LogP contribution in [0.15, 0.2) is 17.5 Å². The van der Waals surface area contributed by atoms with Gasteiger partial charge in [-0.1, -0.05) is 0 Å². The summed E-state index contributed by atoms with van der Waals surface area (Å²) in [5.74, 6) is 2.78. The van der Waals surface area contributed by atoms with E-state index in [0.717, 1.165) is 42.8 Å². The fourth-order valence-electron chi connectivity index (χ4n) is 2.93. The molecular weight excluding hydrogens is 306 g/mol. The van der Waals surface area contributed by atoms with Gasteiger partial charge in [0, 0.05) is 40.7 Å². The smallest absolute Gasteiger partial charge is 0.204 e. The van der Waals surface area contributed by atoms with Crippen molar-refractivity contribution in [2.45, 2.75) is 32.0 Å². The van der Waals surface area contributed by atoms with E-state index in [0.29, 0.717) is 12.6 Å². The lowest BCUT2D eigenvalue weighted by Crippen LogP contribution is -2.47. The Morgan fingerprint density at radius 2 is 2.25 bits per heavy atom. The van der Waals surface area contributed by atoms with E-state index in [1.807, 2.05) is 36.9 Å². The van der Waals surface area contributed by atoms with Gasteiger partial charge in [0.05, 0.1) is 25.0 Å². The predicted molar refractivity (Wildman–Crippen MR) is 93.0 cm³/mol. The van der Waals surface area contributed by atoms with E-state index in [2.05, 4.69) is 35.3 Å². The van der Waals surface area contributed by atoms with Crippen LogP contribution in [0, 0.1) is 0 Å². The number of aliphatic imine (C=N–C) groups is 1. The molecule has 2 N–H and O–H groups in total. The SMILES string of the molecule is CN=C(NCc1cnc(N(C)C)n1C)NC1CCc2ncnn2C1. The zero-order valence-corrected chi connectivity index (χ0v) is 14.7. The lowest BCUT2D eigenvalue weighted by atomic mass is 10.1. The largest absolute Gasteiger partial charge is 0.352 e. The number of rotatable bonds is 4. The molecule has 1 unspecified atom stereocenters. The number of aromatic nitrogens is 5. The van der Waals surface area contributed by atoms with Crippen LogP contribution in [0.25, 0.3) is 0 Å². The van der Waals surface area contributed by atoms with Gasteiger partial charge in [-0.05, 0) is 6.42 Å². The van der Waals surface area contributed by atoms with Crippen molar-refractivity contribution in [3.63, 3.8) is 0 Å². The van der Waals surface area contributed by atoms with Gasteiger partial charge in [-0.15, -0.1) is 0 Å². The number of hydrogen-bond donors (Lipinski definition) is 2. The summed E-state index contributed by atoms with van der Waals surface area (Å²) in [5.41, 5.74) is 1.10. The molecule has 9 nitrogen and oxygen atoms in total. The number of hydrogen-bond acceptors (Lipinski definition) is 5. The molecule has 130 valence electrons. The summed E-state index contributed by atoms with van der Waals surface area (Å²) in [6, 6.07) is 0.300. The first-order valence-corrected chi connectivity index (χ1v) is 8.10. The summed E-state index contributed by atoms with van der Waals surface area (Å²) in [5, 5.41) is 11.1. The fourth-order valence-corrected chi connectivity index (χ4v) is 2.93. The third kappa shape index (κ3) is 3.34. The molecule has 0 bridgehead atoms. The number of guanidine groups is 1. The average molecular weight is 331 g/mol. The highest BCUT2D eigenvalue weighted by atomic mass is 15.4. The van der Waals surface area contributed by atoms with Crippen LogP contribution in [0.4, 0.5) is 5.95 Å². The maximum Gasteiger partial charge on any atom is 0.204 e. The van der Waals surface area contributed by atoms with Crippen molar-refractivity contribution in [1.82, 2.24) is 34.9 Å². The second-order valence-corrected chi connectivity index (χ2v) is 6.17. The third-order valence-electron chi connectivity index (χ3n) is 4.27. The Kier molecular flexibility index (Phi) is 4.68. The fraction of sp³-hybridized carbons (Fsp3) is 0.600. The lowest BCUT2D eigenvalue weighted by Gasteiger charge is -2.25. The van der Waals surface area contributed by atoms with Gasteiger partial charge < -0.3 is 20.1 Å². The highest BCUT2D eigenvalue weighted by Gasteiger charge is 2.20. The lowest BCUT2D eigenvalue weighted by molar-refractivity contribution is 0.392. The predicted octanol–water partition coefficient (Wildman–Crippen LogP) is -0.242. The summed E-state index contributed by atoms with van der Waals surface area (Å²) in [7, 11) is 7.78. The van der Waals surface area contributed by atoms with E-state index in [9.17, 15) is 0 Å². The van der Waals surface area contributed by atoms with Crippen LogP contribution in [0.1, 0.15) is 17.9 Å². The van der Waals surface area contributed by atoms with Crippen molar-refractivity contribution in [1.29, 1.82) is 0 Å². The first-order chi connectivity index (χ1) is 11.6. The van der Waals surface area contributed by atoms with Crippen molar-refractivity contribution in [3.05, 3.63) is 24.0 Å². The average Bonchev–Trinajstić information content (AvgIpc) is 3.17. The van der Waals surface area contributed by atoms with Crippen molar-refractivity contribution in [2.24, 2.45) is 12.0 Å². The maximum atomic E-state index is 4.42. The van der Waals surface area contributed by atoms with Gasteiger partial charge in [0.25, 0.3) is 0 Å². The van der Waals surface area contributed by atoms with Gasteiger partial charge >= 0.3 is 0 Å². The topological polar surface area (TPSA) is 88.2 Å². The number of nitrogens with zero attached hydrogens (tertiary/aromatic N) is 7. The summed E-state index contributed by atoms with van der Waals surface area (Å²) in [6.45, 7) is 1.48. The van der Waals surface area contributed by atoms with E-state index in [4.69, 9.17) is 0 Å². The molecule has 3 rings (SSSR count). The molecule has 1 aliphatic heterocycles. The monoisotopic (exact) mass is 331 g/mol. The summed E-state index contributed by atoms with van der Waals surface area (Å²) < 4.78 is 4.03. The van der Waals surface area contributed by atoms with E-state index in [1.54, 1.807) is 13.4 Å². The molecule has 1 atom stereocenters. The Morgan fingerprint density at radius 1 is 1.42 bits per heavy atom.